The van der Waals surface area contributed by atoms with Crippen LogP contribution < -0.4 is 4.74 Å². The number of aliphatic hydroxyl groups is 1. The maximum atomic E-state index is 15.2. The molecule has 1 fully saturated rings. The molecule has 236 valence electrons. The predicted octanol–water partition coefficient (Wildman–Crippen LogP) is 9.16. The number of hydrogen-bond donors (Lipinski definition) is 1. The molecule has 3 aromatic rings. The summed E-state index contributed by atoms with van der Waals surface area (Å²) in [7, 11) is 0. The van der Waals surface area contributed by atoms with Crippen LogP contribution >= 0.6 is 0 Å². The Kier molecular flexibility index (Phi) is 13.0. The summed E-state index contributed by atoms with van der Waals surface area (Å²) in [5.41, 5.74) is 6.31. The number of hydrogen-bond acceptors (Lipinski definition) is 4. The lowest BCUT2D eigenvalue weighted by atomic mass is 9.77. The molecular formula is C39H49FO4. The van der Waals surface area contributed by atoms with Crippen molar-refractivity contribution < 1.29 is 23.8 Å². The number of esters is 1. The second-order valence-electron chi connectivity index (χ2n) is 12.3. The van der Waals surface area contributed by atoms with Crippen LogP contribution in [0.5, 0.6) is 5.75 Å². The molecule has 0 bridgehead atoms. The van der Waals surface area contributed by atoms with Gasteiger partial charge in [0.2, 0.25) is 0 Å². The van der Waals surface area contributed by atoms with Gasteiger partial charge in [0.25, 0.3) is 0 Å². The number of ether oxygens (including phenoxy) is 2. The Labute approximate surface area is 263 Å². The van der Waals surface area contributed by atoms with Crippen LogP contribution in [0, 0.1) is 11.7 Å². The first-order valence-electron chi connectivity index (χ1n) is 16.4. The fourth-order valence-corrected chi connectivity index (χ4v) is 6.28. The van der Waals surface area contributed by atoms with Crippen LogP contribution in [0.2, 0.25) is 0 Å². The summed E-state index contributed by atoms with van der Waals surface area (Å²) < 4.78 is 26.2. The fourth-order valence-electron chi connectivity index (χ4n) is 6.28. The molecule has 1 aliphatic rings. The summed E-state index contributed by atoms with van der Waals surface area (Å²) >= 11 is 0. The van der Waals surface area contributed by atoms with Gasteiger partial charge in [0.15, 0.2) is 0 Å². The van der Waals surface area contributed by atoms with Crippen molar-refractivity contribution in [1.29, 1.82) is 0 Å². The molecule has 1 saturated carbocycles. The lowest BCUT2D eigenvalue weighted by Gasteiger charge is -2.29. The summed E-state index contributed by atoms with van der Waals surface area (Å²) in [5.74, 6) is 1.58. The Morgan fingerprint density at radius 1 is 0.886 bits per heavy atom. The van der Waals surface area contributed by atoms with Crippen LogP contribution in [0.25, 0.3) is 11.1 Å². The van der Waals surface area contributed by atoms with Crippen LogP contribution in [0.3, 0.4) is 0 Å². The standard InChI is InChI=1S/C39H49FO4/c1-4-5-6-7-29-8-12-31(13-9-29)32-15-17-33(18-16-32)35-20-19-34(37(40)27-35)14-10-30-11-21-38(43-25-23-41)36(26-30)22-24-44-39(42)28(2)3/h11,15-21,26-27,29,31,41H,2,4-10,12-14,22-25H2,1,3H3. The second kappa shape index (κ2) is 17.2. The van der Waals surface area contributed by atoms with Crippen molar-refractivity contribution in [3.63, 3.8) is 0 Å². The van der Waals surface area contributed by atoms with Crippen LogP contribution in [-0.2, 0) is 28.8 Å². The monoisotopic (exact) mass is 600 g/mol. The Bertz CT molecular complexity index is 1360. The van der Waals surface area contributed by atoms with E-state index in [9.17, 15) is 9.90 Å². The quantitative estimate of drug-likeness (QED) is 0.101. The number of rotatable bonds is 16. The maximum Gasteiger partial charge on any atom is 0.333 e. The highest BCUT2D eigenvalue weighted by atomic mass is 19.1. The number of carbonyl (C=O) groups excluding carboxylic acids is 1. The van der Waals surface area contributed by atoms with Crippen molar-refractivity contribution in [2.24, 2.45) is 5.92 Å². The summed E-state index contributed by atoms with van der Waals surface area (Å²) in [5, 5.41) is 9.17. The zero-order valence-corrected chi connectivity index (χ0v) is 26.6. The third-order valence-electron chi connectivity index (χ3n) is 8.94. The first-order chi connectivity index (χ1) is 21.4. The zero-order valence-electron chi connectivity index (χ0n) is 26.6. The van der Waals surface area contributed by atoms with Crippen LogP contribution in [0.4, 0.5) is 4.39 Å². The van der Waals surface area contributed by atoms with Gasteiger partial charge < -0.3 is 14.6 Å². The van der Waals surface area contributed by atoms with Gasteiger partial charge in [-0.05, 0) is 103 Å². The molecule has 0 saturated heterocycles. The lowest BCUT2D eigenvalue weighted by Crippen LogP contribution is -2.13. The second-order valence-corrected chi connectivity index (χ2v) is 12.3. The topological polar surface area (TPSA) is 55.8 Å². The smallest absolute Gasteiger partial charge is 0.333 e. The van der Waals surface area contributed by atoms with Crippen molar-refractivity contribution in [2.75, 3.05) is 19.8 Å². The first-order valence-corrected chi connectivity index (χ1v) is 16.4. The van der Waals surface area contributed by atoms with Crippen LogP contribution in [0.15, 0.2) is 72.8 Å². The van der Waals surface area contributed by atoms with E-state index in [0.717, 1.165) is 28.2 Å². The first kappa shape index (κ1) is 33.5. The van der Waals surface area contributed by atoms with Crippen molar-refractivity contribution in [3.8, 4) is 16.9 Å². The predicted molar refractivity (Wildman–Crippen MR) is 177 cm³/mol. The average molecular weight is 601 g/mol. The molecule has 0 radical (unpaired) electrons. The third-order valence-corrected chi connectivity index (χ3v) is 8.94. The van der Waals surface area contributed by atoms with E-state index in [4.69, 9.17) is 9.47 Å². The molecule has 0 atom stereocenters. The Balaban J connectivity index is 1.34. The largest absolute Gasteiger partial charge is 0.491 e. The Hall–Kier alpha value is -3.44. The molecule has 0 spiro atoms. The van der Waals surface area contributed by atoms with Gasteiger partial charge in [-0.25, -0.2) is 9.18 Å². The molecule has 4 nitrogen and oxygen atoms in total. The molecule has 0 aromatic heterocycles. The van der Waals surface area contributed by atoms with Crippen molar-refractivity contribution >= 4 is 5.97 Å². The number of carbonyl (C=O) groups is 1. The highest BCUT2D eigenvalue weighted by Crippen LogP contribution is 2.38. The number of aliphatic hydroxyl groups excluding tert-OH is 1. The van der Waals surface area contributed by atoms with Crippen molar-refractivity contribution in [2.45, 2.75) is 90.4 Å². The molecule has 3 aromatic carbocycles. The minimum Gasteiger partial charge on any atom is -0.491 e. The minimum atomic E-state index is -0.427. The van der Waals surface area contributed by atoms with E-state index in [2.05, 4.69) is 37.8 Å². The van der Waals surface area contributed by atoms with Gasteiger partial charge in [0, 0.05) is 12.0 Å². The molecule has 0 heterocycles. The maximum absolute atomic E-state index is 15.2. The average Bonchev–Trinajstić information content (AvgIpc) is 3.04. The van der Waals surface area contributed by atoms with Gasteiger partial charge in [-0.3, -0.25) is 0 Å². The lowest BCUT2D eigenvalue weighted by molar-refractivity contribution is -0.138. The molecule has 1 aliphatic carbocycles. The molecule has 44 heavy (non-hydrogen) atoms. The van der Waals surface area contributed by atoms with Gasteiger partial charge in [-0.15, -0.1) is 0 Å². The SMILES string of the molecule is C=C(C)C(=O)OCCc1cc(CCc2ccc(-c3ccc(C4CCC(CCCCC)CC4)cc3)cc2F)ccc1OCCO. The molecular weight excluding hydrogens is 551 g/mol. The van der Waals surface area contributed by atoms with Gasteiger partial charge >= 0.3 is 5.97 Å². The van der Waals surface area contributed by atoms with E-state index in [-0.39, 0.29) is 25.6 Å². The van der Waals surface area contributed by atoms with E-state index in [0.29, 0.717) is 42.1 Å². The van der Waals surface area contributed by atoms with E-state index >= 15 is 4.39 Å². The molecule has 1 N–H and O–H groups in total. The Morgan fingerprint density at radius 2 is 1.64 bits per heavy atom. The van der Waals surface area contributed by atoms with Gasteiger partial charge in [0.05, 0.1) is 13.2 Å². The molecule has 0 unspecified atom stereocenters. The van der Waals surface area contributed by atoms with Gasteiger partial charge in [-0.2, -0.15) is 0 Å². The number of benzene rings is 3. The minimum absolute atomic E-state index is 0.0919. The van der Waals surface area contributed by atoms with Crippen molar-refractivity contribution in [1.82, 2.24) is 0 Å². The molecule has 4 rings (SSSR count). The van der Waals surface area contributed by atoms with Gasteiger partial charge in [-0.1, -0.05) is 87.7 Å². The Morgan fingerprint density at radius 3 is 2.32 bits per heavy atom. The van der Waals surface area contributed by atoms with Crippen molar-refractivity contribution in [3.05, 3.63) is 101 Å². The normalized spacial score (nSPS) is 16.5. The van der Waals surface area contributed by atoms with E-state index in [1.54, 1.807) is 13.0 Å². The number of halogens is 1. The van der Waals surface area contributed by atoms with E-state index in [1.165, 1.54) is 56.9 Å². The fraction of sp³-hybridized carbons (Fsp3) is 0.462. The van der Waals surface area contributed by atoms with E-state index in [1.807, 2.05) is 30.3 Å². The van der Waals surface area contributed by atoms with Gasteiger partial charge in [0.1, 0.15) is 18.2 Å². The highest BCUT2D eigenvalue weighted by Gasteiger charge is 2.22. The molecule has 5 heteroatoms. The number of aryl methyl sites for hydroxylation is 2. The number of unbranched alkanes of at least 4 members (excludes halogenated alkanes) is 2. The highest BCUT2D eigenvalue weighted by molar-refractivity contribution is 5.86. The summed E-state index contributed by atoms with van der Waals surface area (Å²) in [4.78, 5) is 11.8. The zero-order chi connectivity index (χ0) is 31.3. The van der Waals surface area contributed by atoms with Crippen LogP contribution in [-0.4, -0.2) is 30.9 Å². The van der Waals surface area contributed by atoms with Crippen LogP contribution in [0.1, 0.15) is 93.4 Å². The summed E-state index contributed by atoms with van der Waals surface area (Å²) in [6.45, 7) is 7.78. The third kappa shape index (κ3) is 9.79. The summed E-state index contributed by atoms with van der Waals surface area (Å²) in [6.07, 6.45) is 12.4. The van der Waals surface area contributed by atoms with E-state index < -0.39 is 5.97 Å². The molecule has 0 amide bonds. The summed E-state index contributed by atoms with van der Waals surface area (Å²) in [6, 6.07) is 20.2. The molecule has 0 aliphatic heterocycles.